The SMILES string of the molecule is O=C(CNc1ccc(I)cc1)c1cccc(S(=O)(=O)N2CCCCCC2)c1. The monoisotopic (exact) mass is 498 g/mol. The van der Waals surface area contributed by atoms with Crippen molar-refractivity contribution in [3.05, 3.63) is 57.7 Å². The molecule has 1 saturated heterocycles. The molecule has 5 nitrogen and oxygen atoms in total. The minimum absolute atomic E-state index is 0.119. The zero-order chi connectivity index (χ0) is 19.3. The first-order valence-electron chi connectivity index (χ1n) is 9.10. The van der Waals surface area contributed by atoms with E-state index in [4.69, 9.17) is 0 Å². The molecule has 144 valence electrons. The number of rotatable bonds is 6. The molecule has 1 heterocycles. The van der Waals surface area contributed by atoms with Gasteiger partial charge in [-0.05, 0) is 71.8 Å². The van der Waals surface area contributed by atoms with E-state index >= 15 is 0 Å². The Morgan fingerprint density at radius 3 is 2.33 bits per heavy atom. The lowest BCUT2D eigenvalue weighted by atomic mass is 10.1. The van der Waals surface area contributed by atoms with Crippen LogP contribution >= 0.6 is 22.6 Å². The molecule has 0 amide bonds. The van der Waals surface area contributed by atoms with Gasteiger partial charge in [0.15, 0.2) is 5.78 Å². The van der Waals surface area contributed by atoms with Crippen molar-refractivity contribution < 1.29 is 13.2 Å². The largest absolute Gasteiger partial charge is 0.378 e. The van der Waals surface area contributed by atoms with Crippen molar-refractivity contribution in [2.24, 2.45) is 0 Å². The second-order valence-electron chi connectivity index (χ2n) is 6.63. The van der Waals surface area contributed by atoms with Crippen LogP contribution in [-0.2, 0) is 10.0 Å². The van der Waals surface area contributed by atoms with Gasteiger partial charge in [0, 0.05) is 27.9 Å². The molecule has 1 aliphatic heterocycles. The number of sulfonamides is 1. The van der Waals surface area contributed by atoms with Crippen molar-refractivity contribution in [3.8, 4) is 0 Å². The van der Waals surface area contributed by atoms with Gasteiger partial charge >= 0.3 is 0 Å². The third kappa shape index (κ3) is 5.30. The van der Waals surface area contributed by atoms with E-state index in [0.29, 0.717) is 18.7 Å². The Morgan fingerprint density at radius 2 is 1.67 bits per heavy atom. The summed E-state index contributed by atoms with van der Waals surface area (Å²) >= 11 is 2.22. The third-order valence-corrected chi connectivity index (χ3v) is 7.27. The highest BCUT2D eigenvalue weighted by atomic mass is 127. The van der Waals surface area contributed by atoms with Crippen LogP contribution in [0.4, 0.5) is 5.69 Å². The number of Topliss-reactive ketones (excluding diaryl/α,β-unsaturated/α-hetero) is 1. The van der Waals surface area contributed by atoms with Crippen LogP contribution < -0.4 is 5.32 Å². The maximum atomic E-state index is 12.9. The first-order valence-corrected chi connectivity index (χ1v) is 11.6. The molecule has 1 fully saturated rings. The van der Waals surface area contributed by atoms with Gasteiger partial charge in [-0.1, -0.05) is 25.0 Å². The van der Waals surface area contributed by atoms with Gasteiger partial charge in [0.05, 0.1) is 11.4 Å². The van der Waals surface area contributed by atoms with E-state index in [-0.39, 0.29) is 17.2 Å². The van der Waals surface area contributed by atoms with Crippen molar-refractivity contribution in [1.82, 2.24) is 4.31 Å². The standard InChI is InChI=1S/C20H23IN2O3S/c21-17-8-10-18(11-9-17)22-15-20(24)16-6-5-7-19(14-16)27(25,26)23-12-3-1-2-4-13-23/h5-11,14,22H,1-4,12-13,15H2. The first kappa shape index (κ1) is 20.3. The van der Waals surface area contributed by atoms with Crippen molar-refractivity contribution in [3.63, 3.8) is 0 Å². The minimum Gasteiger partial charge on any atom is -0.378 e. The molecule has 1 N–H and O–H groups in total. The van der Waals surface area contributed by atoms with Gasteiger partial charge in [-0.3, -0.25) is 4.79 Å². The lowest BCUT2D eigenvalue weighted by Gasteiger charge is -2.20. The predicted octanol–water partition coefficient (Wildman–Crippen LogP) is 4.15. The molecule has 0 spiro atoms. The zero-order valence-electron chi connectivity index (χ0n) is 15.0. The van der Waals surface area contributed by atoms with E-state index in [1.54, 1.807) is 22.5 Å². The molecule has 1 aliphatic rings. The quantitative estimate of drug-likeness (QED) is 0.480. The molecule has 7 heteroatoms. The highest BCUT2D eigenvalue weighted by molar-refractivity contribution is 14.1. The van der Waals surface area contributed by atoms with Crippen molar-refractivity contribution in [2.45, 2.75) is 30.6 Å². The summed E-state index contributed by atoms with van der Waals surface area (Å²) in [4.78, 5) is 12.7. The molecule has 3 rings (SSSR count). The molecule has 0 radical (unpaired) electrons. The van der Waals surface area contributed by atoms with E-state index in [1.165, 1.54) is 6.07 Å². The zero-order valence-corrected chi connectivity index (χ0v) is 18.0. The van der Waals surface area contributed by atoms with Gasteiger partial charge in [-0.25, -0.2) is 8.42 Å². The maximum Gasteiger partial charge on any atom is 0.243 e. The van der Waals surface area contributed by atoms with Crippen LogP contribution in [0.5, 0.6) is 0 Å². The fourth-order valence-corrected chi connectivity index (χ4v) is 5.04. The van der Waals surface area contributed by atoms with E-state index in [9.17, 15) is 13.2 Å². The van der Waals surface area contributed by atoms with Crippen LogP contribution in [-0.4, -0.2) is 38.1 Å². The lowest BCUT2D eigenvalue weighted by Crippen LogP contribution is -2.32. The number of hydrogen-bond acceptors (Lipinski definition) is 4. The topological polar surface area (TPSA) is 66.5 Å². The summed E-state index contributed by atoms with van der Waals surface area (Å²) in [5.74, 6) is -0.138. The van der Waals surface area contributed by atoms with Crippen LogP contribution in [0.1, 0.15) is 36.0 Å². The number of carbonyl (C=O) groups excluding carboxylic acids is 1. The molecule has 2 aromatic rings. The van der Waals surface area contributed by atoms with Crippen LogP contribution in [0.15, 0.2) is 53.4 Å². The van der Waals surface area contributed by atoms with E-state index in [2.05, 4.69) is 27.9 Å². The summed E-state index contributed by atoms with van der Waals surface area (Å²) < 4.78 is 28.5. The summed E-state index contributed by atoms with van der Waals surface area (Å²) in [6.07, 6.45) is 3.90. The molecular weight excluding hydrogens is 475 g/mol. The average molecular weight is 498 g/mol. The fraction of sp³-hybridized carbons (Fsp3) is 0.350. The smallest absolute Gasteiger partial charge is 0.243 e. The Balaban J connectivity index is 1.72. The summed E-state index contributed by atoms with van der Waals surface area (Å²) in [6, 6.07) is 14.1. The predicted molar refractivity (Wildman–Crippen MR) is 116 cm³/mol. The van der Waals surface area contributed by atoms with Crippen molar-refractivity contribution in [1.29, 1.82) is 0 Å². The summed E-state index contributed by atoms with van der Waals surface area (Å²) in [5, 5.41) is 3.09. The van der Waals surface area contributed by atoms with Gasteiger partial charge in [0.25, 0.3) is 0 Å². The number of benzene rings is 2. The average Bonchev–Trinajstić information content (AvgIpc) is 2.97. The van der Waals surface area contributed by atoms with E-state index < -0.39 is 10.0 Å². The Hall–Kier alpha value is -1.45. The molecular formula is C20H23IN2O3S. The Kier molecular flexibility index (Phi) is 6.88. The fourth-order valence-electron chi connectivity index (χ4n) is 3.11. The minimum atomic E-state index is -3.55. The van der Waals surface area contributed by atoms with Crippen LogP contribution in [0, 0.1) is 3.57 Å². The lowest BCUT2D eigenvalue weighted by molar-refractivity contribution is 0.101. The van der Waals surface area contributed by atoms with Crippen molar-refractivity contribution >= 4 is 44.1 Å². The van der Waals surface area contributed by atoms with E-state index in [0.717, 1.165) is 34.9 Å². The first-order chi connectivity index (χ1) is 13.0. The van der Waals surface area contributed by atoms with Gasteiger partial charge in [-0.15, -0.1) is 0 Å². The number of halogens is 1. The van der Waals surface area contributed by atoms with Crippen LogP contribution in [0.25, 0.3) is 0 Å². The van der Waals surface area contributed by atoms with Gasteiger partial charge < -0.3 is 5.32 Å². The highest BCUT2D eigenvalue weighted by Crippen LogP contribution is 2.21. The molecule has 0 aromatic heterocycles. The Labute approximate surface area is 174 Å². The summed E-state index contributed by atoms with van der Waals surface area (Å²) in [6.45, 7) is 1.22. The number of nitrogens with one attached hydrogen (secondary N) is 1. The summed E-state index contributed by atoms with van der Waals surface area (Å²) in [7, 11) is -3.55. The van der Waals surface area contributed by atoms with Crippen LogP contribution in [0.2, 0.25) is 0 Å². The van der Waals surface area contributed by atoms with Crippen LogP contribution in [0.3, 0.4) is 0 Å². The number of hydrogen-bond donors (Lipinski definition) is 1. The molecule has 0 saturated carbocycles. The number of nitrogens with zero attached hydrogens (tertiary/aromatic N) is 1. The second kappa shape index (κ2) is 9.16. The van der Waals surface area contributed by atoms with Gasteiger partial charge in [0.2, 0.25) is 10.0 Å². The van der Waals surface area contributed by atoms with Gasteiger partial charge in [-0.2, -0.15) is 4.31 Å². The summed E-state index contributed by atoms with van der Waals surface area (Å²) in [5.41, 5.74) is 1.26. The molecule has 0 atom stereocenters. The normalized spacial score (nSPS) is 15.9. The molecule has 0 unspecified atom stereocenters. The maximum absolute atomic E-state index is 12.9. The van der Waals surface area contributed by atoms with Gasteiger partial charge in [0.1, 0.15) is 0 Å². The molecule has 0 bridgehead atoms. The number of ketones is 1. The number of carbonyl (C=O) groups is 1. The Morgan fingerprint density at radius 1 is 1.00 bits per heavy atom. The number of anilines is 1. The highest BCUT2D eigenvalue weighted by Gasteiger charge is 2.25. The van der Waals surface area contributed by atoms with E-state index in [1.807, 2.05) is 24.3 Å². The molecule has 2 aromatic carbocycles. The van der Waals surface area contributed by atoms with Crippen molar-refractivity contribution in [2.75, 3.05) is 25.0 Å². The third-order valence-electron chi connectivity index (χ3n) is 4.66. The molecule has 27 heavy (non-hydrogen) atoms. The Bertz CT molecular complexity index is 890. The second-order valence-corrected chi connectivity index (χ2v) is 9.81. The molecule has 0 aliphatic carbocycles.